The molecule has 1 aromatic heterocycles. The summed E-state index contributed by atoms with van der Waals surface area (Å²) in [5.74, 6) is -0.474. The summed E-state index contributed by atoms with van der Waals surface area (Å²) >= 11 is 18.1. The summed E-state index contributed by atoms with van der Waals surface area (Å²) in [7, 11) is 0. The van der Waals surface area contributed by atoms with Crippen LogP contribution >= 0.6 is 34.8 Å². The third-order valence-corrected chi connectivity index (χ3v) is 4.67. The van der Waals surface area contributed by atoms with Crippen molar-refractivity contribution in [2.45, 2.75) is 13.8 Å². The van der Waals surface area contributed by atoms with Crippen LogP contribution in [0, 0.1) is 6.92 Å². The average molecular weight is 427 g/mol. The molecule has 0 saturated heterocycles. The van der Waals surface area contributed by atoms with Crippen LogP contribution in [0.2, 0.25) is 15.1 Å². The van der Waals surface area contributed by atoms with Crippen molar-refractivity contribution in [3.8, 4) is 5.75 Å². The van der Waals surface area contributed by atoms with E-state index in [-0.39, 0.29) is 22.2 Å². The van der Waals surface area contributed by atoms with Crippen LogP contribution in [0.4, 0.5) is 0 Å². The first-order valence-corrected chi connectivity index (χ1v) is 9.02. The van der Waals surface area contributed by atoms with Crippen LogP contribution in [0.3, 0.4) is 0 Å². The fourth-order valence-corrected chi connectivity index (χ4v) is 3.78. The Hall–Kier alpha value is -2.21. The Bertz CT molecular complexity index is 1040. The number of fused-ring (bicyclic) bond motifs is 1. The number of esters is 1. The molecule has 3 rings (SSSR count). The number of hydrogen-bond acceptors (Lipinski definition) is 4. The smallest absolute Gasteiger partial charge is 0.308 e. The van der Waals surface area contributed by atoms with E-state index in [4.69, 9.17) is 44.4 Å². The predicted molar refractivity (Wildman–Crippen MR) is 105 cm³/mol. The Morgan fingerprint density at radius 3 is 2.33 bits per heavy atom. The van der Waals surface area contributed by atoms with Crippen molar-refractivity contribution in [1.82, 2.24) is 4.73 Å². The summed E-state index contributed by atoms with van der Waals surface area (Å²) in [5, 5.41) is 1.33. The van der Waals surface area contributed by atoms with E-state index in [0.29, 0.717) is 27.4 Å². The minimum Gasteiger partial charge on any atom is -0.424 e. The molecule has 27 heavy (non-hydrogen) atoms. The number of rotatable bonds is 5. The molecule has 0 aliphatic carbocycles. The maximum absolute atomic E-state index is 12.6. The van der Waals surface area contributed by atoms with E-state index in [0.717, 1.165) is 0 Å². The molecule has 140 valence electrons. The minimum atomic E-state index is -0.447. The second-order valence-electron chi connectivity index (χ2n) is 5.76. The maximum atomic E-state index is 12.6. The van der Waals surface area contributed by atoms with Crippen molar-refractivity contribution in [2.24, 2.45) is 0 Å². The quantitative estimate of drug-likeness (QED) is 0.418. The normalized spacial score (nSPS) is 10.9. The highest BCUT2D eigenvalue weighted by Gasteiger charge is 2.21. The SMILES string of the molecule is CC(=O)Oc1c(C)n(OCC(=O)c2c(Cl)cc(Cl)cc2Cl)c2ccccc12. The lowest BCUT2D eigenvalue weighted by Gasteiger charge is -2.11. The van der Waals surface area contributed by atoms with Gasteiger partial charge in [0.05, 0.1) is 26.8 Å². The summed E-state index contributed by atoms with van der Waals surface area (Å²) in [6.07, 6.45) is 0. The first kappa shape index (κ1) is 19.5. The number of aromatic nitrogens is 1. The van der Waals surface area contributed by atoms with Crippen molar-refractivity contribution in [3.63, 3.8) is 0 Å². The van der Waals surface area contributed by atoms with Crippen LogP contribution < -0.4 is 9.57 Å². The van der Waals surface area contributed by atoms with Gasteiger partial charge in [0.2, 0.25) is 5.78 Å². The Balaban J connectivity index is 1.93. The van der Waals surface area contributed by atoms with Gasteiger partial charge >= 0.3 is 5.97 Å². The number of carbonyl (C=O) groups is 2. The van der Waals surface area contributed by atoms with Crippen molar-refractivity contribution in [1.29, 1.82) is 0 Å². The number of Topliss-reactive ketones (excluding diaryl/α,β-unsaturated/α-hetero) is 1. The van der Waals surface area contributed by atoms with Gasteiger partial charge in [-0.1, -0.05) is 46.9 Å². The zero-order valence-corrected chi connectivity index (χ0v) is 16.7. The lowest BCUT2D eigenvalue weighted by Crippen LogP contribution is -2.21. The molecule has 0 bridgehead atoms. The third kappa shape index (κ3) is 3.90. The number of halogens is 3. The minimum absolute atomic E-state index is 0.136. The summed E-state index contributed by atoms with van der Waals surface area (Å²) in [4.78, 5) is 29.7. The summed E-state index contributed by atoms with van der Waals surface area (Å²) < 4.78 is 6.75. The number of hydrogen-bond donors (Lipinski definition) is 0. The van der Waals surface area contributed by atoms with Gasteiger partial charge in [0.15, 0.2) is 12.4 Å². The summed E-state index contributed by atoms with van der Waals surface area (Å²) in [6, 6.07) is 10.1. The number of para-hydroxylation sites is 1. The second-order valence-corrected chi connectivity index (χ2v) is 7.01. The molecule has 0 unspecified atom stereocenters. The lowest BCUT2D eigenvalue weighted by molar-refractivity contribution is -0.131. The first-order valence-electron chi connectivity index (χ1n) is 7.89. The first-order chi connectivity index (χ1) is 12.8. The van der Waals surface area contributed by atoms with Crippen molar-refractivity contribution in [3.05, 3.63) is 62.7 Å². The molecule has 0 atom stereocenters. The molecule has 0 aliphatic heterocycles. The average Bonchev–Trinajstić information content (AvgIpc) is 2.84. The molecule has 8 heteroatoms. The molecule has 0 aliphatic rings. The van der Waals surface area contributed by atoms with E-state index >= 15 is 0 Å². The molecule has 2 aromatic carbocycles. The van der Waals surface area contributed by atoms with Gasteiger partial charge in [0.25, 0.3) is 0 Å². The number of ketones is 1. The number of benzene rings is 2. The van der Waals surface area contributed by atoms with Crippen LogP contribution in [0.15, 0.2) is 36.4 Å². The molecule has 0 fully saturated rings. The number of carbonyl (C=O) groups excluding carboxylic acids is 2. The molecular formula is C19H14Cl3NO4. The van der Waals surface area contributed by atoms with Crippen LogP contribution in [-0.4, -0.2) is 23.1 Å². The van der Waals surface area contributed by atoms with E-state index < -0.39 is 11.8 Å². The van der Waals surface area contributed by atoms with Crippen LogP contribution in [0.5, 0.6) is 5.75 Å². The van der Waals surface area contributed by atoms with E-state index in [1.807, 2.05) is 12.1 Å². The zero-order chi connectivity index (χ0) is 19.7. The molecule has 0 N–H and O–H groups in total. The number of ether oxygens (including phenoxy) is 1. The molecular weight excluding hydrogens is 413 g/mol. The highest BCUT2D eigenvalue weighted by Crippen LogP contribution is 2.33. The molecule has 0 amide bonds. The van der Waals surface area contributed by atoms with Gasteiger partial charge in [-0.2, -0.15) is 4.73 Å². The van der Waals surface area contributed by atoms with Gasteiger partial charge in [-0.05, 0) is 31.2 Å². The zero-order valence-electron chi connectivity index (χ0n) is 14.4. The highest BCUT2D eigenvalue weighted by atomic mass is 35.5. The van der Waals surface area contributed by atoms with Gasteiger partial charge < -0.3 is 9.57 Å². The summed E-state index contributed by atoms with van der Waals surface area (Å²) in [5.41, 5.74) is 1.34. The Kier molecular flexibility index (Phi) is 5.65. The van der Waals surface area contributed by atoms with E-state index in [1.165, 1.54) is 23.8 Å². The fraction of sp³-hybridized carbons (Fsp3) is 0.158. The van der Waals surface area contributed by atoms with Gasteiger partial charge in [-0.3, -0.25) is 9.59 Å². The topological polar surface area (TPSA) is 57.5 Å². The van der Waals surface area contributed by atoms with Gasteiger partial charge in [0, 0.05) is 17.3 Å². The lowest BCUT2D eigenvalue weighted by atomic mass is 10.1. The third-order valence-electron chi connectivity index (χ3n) is 3.86. The van der Waals surface area contributed by atoms with Crippen molar-refractivity contribution < 1.29 is 19.2 Å². The molecule has 1 heterocycles. The van der Waals surface area contributed by atoms with Crippen LogP contribution in [-0.2, 0) is 4.79 Å². The van der Waals surface area contributed by atoms with Gasteiger partial charge in [-0.15, -0.1) is 0 Å². The van der Waals surface area contributed by atoms with Gasteiger partial charge in [0.1, 0.15) is 0 Å². The van der Waals surface area contributed by atoms with E-state index in [9.17, 15) is 9.59 Å². The molecule has 5 nitrogen and oxygen atoms in total. The van der Waals surface area contributed by atoms with E-state index in [1.54, 1.807) is 19.1 Å². The maximum Gasteiger partial charge on any atom is 0.308 e. The molecule has 3 aromatic rings. The van der Waals surface area contributed by atoms with Crippen LogP contribution in [0.25, 0.3) is 10.9 Å². The standard InChI is InChI=1S/C19H14Cl3NO4/c1-10-19(27-11(2)24)13-5-3-4-6-16(13)23(10)26-9-17(25)18-14(21)7-12(20)8-15(18)22/h3-8H,9H2,1-2H3. The Morgan fingerprint density at radius 1 is 1.07 bits per heavy atom. The van der Waals surface area contributed by atoms with Gasteiger partial charge in [-0.25, -0.2) is 0 Å². The largest absolute Gasteiger partial charge is 0.424 e. The molecule has 0 saturated carbocycles. The second kappa shape index (κ2) is 7.80. The number of nitrogens with zero attached hydrogens (tertiary/aromatic N) is 1. The van der Waals surface area contributed by atoms with E-state index in [2.05, 4.69) is 0 Å². The van der Waals surface area contributed by atoms with Crippen LogP contribution in [0.1, 0.15) is 23.0 Å². The molecule has 0 spiro atoms. The van der Waals surface area contributed by atoms with Crippen molar-refractivity contribution in [2.75, 3.05) is 6.61 Å². The molecule has 0 radical (unpaired) electrons. The monoisotopic (exact) mass is 425 g/mol. The predicted octanol–water partition coefficient (Wildman–Crippen LogP) is 5.15. The Morgan fingerprint density at radius 2 is 1.70 bits per heavy atom. The summed E-state index contributed by atoms with van der Waals surface area (Å²) in [6.45, 7) is 2.73. The highest BCUT2D eigenvalue weighted by molar-refractivity contribution is 6.42. The van der Waals surface area contributed by atoms with Crippen molar-refractivity contribution >= 4 is 57.5 Å². The fourth-order valence-electron chi connectivity index (χ4n) is 2.75. The Labute approximate surface area is 170 Å².